The van der Waals surface area contributed by atoms with Gasteiger partial charge in [-0.1, -0.05) is 48.5 Å². The molecule has 0 spiro atoms. The number of imidazole rings is 1. The van der Waals surface area contributed by atoms with Crippen LogP contribution in [0, 0.1) is 0 Å². The number of fused-ring (bicyclic) bond motifs is 7. The van der Waals surface area contributed by atoms with Crippen LogP contribution in [0.1, 0.15) is 5.56 Å². The Bertz CT molecular complexity index is 1500. The summed E-state index contributed by atoms with van der Waals surface area (Å²) in [5.41, 5.74) is 7.22. The predicted molar refractivity (Wildman–Crippen MR) is 119 cm³/mol. The Labute approximate surface area is 168 Å². The second kappa shape index (κ2) is 6.35. The summed E-state index contributed by atoms with van der Waals surface area (Å²) in [5.74, 6) is 0. The number of rotatable bonds is 3. The molecule has 0 unspecified atom stereocenters. The van der Waals surface area contributed by atoms with Crippen molar-refractivity contribution in [3.05, 3.63) is 109 Å². The zero-order chi connectivity index (χ0) is 19.2. The molecule has 6 rings (SSSR count). The highest BCUT2D eigenvalue weighted by molar-refractivity contribution is 5.88. The fraction of sp³-hybridized carbons (Fsp3) is 0.0385. The van der Waals surface area contributed by atoms with E-state index in [0.717, 1.165) is 12.2 Å². The number of aromatic nitrogens is 2. The van der Waals surface area contributed by atoms with Gasteiger partial charge < -0.3 is 5.32 Å². The van der Waals surface area contributed by atoms with E-state index in [1.54, 1.807) is 0 Å². The minimum atomic E-state index is 0.822. The lowest BCUT2D eigenvalue weighted by Gasteiger charge is -2.07. The van der Waals surface area contributed by atoms with E-state index in [0.29, 0.717) is 0 Å². The fourth-order valence-electron chi connectivity index (χ4n) is 4.21. The number of nitrogens with zero attached hydrogens (tertiary/aromatic N) is 2. The van der Waals surface area contributed by atoms with Gasteiger partial charge in [-0.15, -0.1) is 0 Å². The number of anilines is 1. The van der Waals surface area contributed by atoms with Gasteiger partial charge in [0.1, 0.15) is 17.2 Å². The first-order valence-corrected chi connectivity index (χ1v) is 9.92. The topological polar surface area (TPSA) is 20.5 Å². The lowest BCUT2D eigenvalue weighted by Crippen LogP contribution is -2.19. The number of hydrogen-bond donors (Lipinski definition) is 1. The Hall–Kier alpha value is -3.85. The number of hydrogen-bond acceptors (Lipinski definition) is 1. The molecule has 3 aromatic carbocycles. The van der Waals surface area contributed by atoms with Gasteiger partial charge in [-0.2, -0.15) is 8.80 Å². The maximum atomic E-state index is 3.54. The van der Waals surface area contributed by atoms with Crippen molar-refractivity contribution in [2.75, 3.05) is 5.32 Å². The summed E-state index contributed by atoms with van der Waals surface area (Å²) in [4.78, 5) is 0. The SMILES string of the molecule is c1ccc(CNc2ccc3c(ccc4c[n+]5c6ccccc6ccc5n43)c2)cc1. The van der Waals surface area contributed by atoms with E-state index < -0.39 is 0 Å². The summed E-state index contributed by atoms with van der Waals surface area (Å²) in [6.45, 7) is 0.822. The Morgan fingerprint density at radius 1 is 0.724 bits per heavy atom. The molecule has 0 saturated heterocycles. The van der Waals surface area contributed by atoms with Gasteiger partial charge in [-0.25, -0.2) is 0 Å². The average Bonchev–Trinajstić information content (AvgIpc) is 3.18. The van der Waals surface area contributed by atoms with Crippen LogP contribution >= 0.6 is 0 Å². The highest BCUT2D eigenvalue weighted by Gasteiger charge is 2.16. The molecule has 3 heterocycles. The molecule has 0 aliphatic rings. The van der Waals surface area contributed by atoms with Crippen LogP contribution in [0.5, 0.6) is 0 Å². The standard InChI is InChI=1S/C26H20N3/c1-2-6-19(7-3-1)17-27-22-12-14-25-21(16-22)10-13-23-18-28-24-9-5-4-8-20(24)11-15-26(28)29(23)25/h1-16,18,27H,17H2/q+1. The van der Waals surface area contributed by atoms with Gasteiger partial charge >= 0.3 is 0 Å². The van der Waals surface area contributed by atoms with E-state index in [1.807, 2.05) is 6.07 Å². The van der Waals surface area contributed by atoms with E-state index in [9.17, 15) is 0 Å². The Balaban J connectivity index is 1.49. The van der Waals surface area contributed by atoms with E-state index in [4.69, 9.17) is 0 Å². The lowest BCUT2D eigenvalue weighted by molar-refractivity contribution is -0.479. The summed E-state index contributed by atoms with van der Waals surface area (Å²) in [6, 6.07) is 34.4. The van der Waals surface area contributed by atoms with Gasteiger partial charge in [-0.05, 0) is 48.0 Å². The molecule has 0 fully saturated rings. The molecular formula is C26H20N3+. The van der Waals surface area contributed by atoms with Crippen molar-refractivity contribution in [3.63, 3.8) is 0 Å². The predicted octanol–water partition coefficient (Wildman–Crippen LogP) is 5.60. The summed E-state index contributed by atoms with van der Waals surface area (Å²) < 4.78 is 4.62. The molecular weight excluding hydrogens is 354 g/mol. The van der Waals surface area contributed by atoms with E-state index >= 15 is 0 Å². The third kappa shape index (κ3) is 2.63. The molecule has 138 valence electrons. The Morgan fingerprint density at radius 2 is 1.55 bits per heavy atom. The zero-order valence-corrected chi connectivity index (χ0v) is 15.9. The first kappa shape index (κ1) is 16.1. The first-order valence-electron chi connectivity index (χ1n) is 9.92. The van der Waals surface area contributed by atoms with Crippen LogP contribution in [0.2, 0.25) is 0 Å². The van der Waals surface area contributed by atoms with Crippen LogP contribution in [0.3, 0.4) is 0 Å². The minimum Gasteiger partial charge on any atom is -0.381 e. The molecule has 0 aliphatic heterocycles. The van der Waals surface area contributed by atoms with Crippen molar-refractivity contribution in [3.8, 4) is 0 Å². The van der Waals surface area contributed by atoms with Crippen LogP contribution in [0.15, 0.2) is 103 Å². The van der Waals surface area contributed by atoms with Crippen molar-refractivity contribution in [1.29, 1.82) is 0 Å². The van der Waals surface area contributed by atoms with Gasteiger partial charge in [0, 0.05) is 29.1 Å². The van der Waals surface area contributed by atoms with Crippen LogP contribution in [0.4, 0.5) is 5.69 Å². The quantitative estimate of drug-likeness (QED) is 0.400. The fourth-order valence-corrected chi connectivity index (χ4v) is 4.21. The summed E-state index contributed by atoms with van der Waals surface area (Å²) in [6.07, 6.45) is 2.22. The minimum absolute atomic E-state index is 0.822. The van der Waals surface area contributed by atoms with Crippen LogP contribution in [-0.2, 0) is 6.54 Å². The molecule has 0 radical (unpaired) electrons. The molecule has 3 nitrogen and oxygen atoms in total. The molecule has 0 atom stereocenters. The number of benzene rings is 3. The second-order valence-corrected chi connectivity index (χ2v) is 7.46. The molecule has 3 aromatic heterocycles. The highest BCUT2D eigenvalue weighted by atomic mass is 15.1. The maximum Gasteiger partial charge on any atom is 0.292 e. The van der Waals surface area contributed by atoms with E-state index in [1.165, 1.54) is 38.5 Å². The van der Waals surface area contributed by atoms with Crippen molar-refractivity contribution in [2.24, 2.45) is 0 Å². The molecule has 0 amide bonds. The third-order valence-corrected chi connectivity index (χ3v) is 5.65. The normalized spacial score (nSPS) is 11.6. The lowest BCUT2D eigenvalue weighted by atomic mass is 10.1. The number of para-hydroxylation sites is 1. The summed E-state index contributed by atoms with van der Waals surface area (Å²) in [5, 5.41) is 6.01. The van der Waals surface area contributed by atoms with Crippen molar-refractivity contribution >= 4 is 38.7 Å². The van der Waals surface area contributed by atoms with Crippen LogP contribution < -0.4 is 9.72 Å². The van der Waals surface area contributed by atoms with Crippen LogP contribution in [-0.4, -0.2) is 4.40 Å². The summed E-state index contributed by atoms with van der Waals surface area (Å²) >= 11 is 0. The molecule has 0 saturated carbocycles. The summed E-state index contributed by atoms with van der Waals surface area (Å²) in [7, 11) is 0. The molecule has 0 aliphatic carbocycles. The Kier molecular flexibility index (Phi) is 3.53. The third-order valence-electron chi connectivity index (χ3n) is 5.65. The van der Waals surface area contributed by atoms with Crippen molar-refractivity contribution in [2.45, 2.75) is 6.54 Å². The van der Waals surface area contributed by atoms with Gasteiger partial charge in [0.15, 0.2) is 5.52 Å². The largest absolute Gasteiger partial charge is 0.381 e. The van der Waals surface area contributed by atoms with Crippen molar-refractivity contribution < 1.29 is 4.40 Å². The molecule has 6 aromatic rings. The molecule has 0 bridgehead atoms. The van der Waals surface area contributed by atoms with E-state index in [-0.39, 0.29) is 0 Å². The molecule has 1 N–H and O–H groups in total. The number of nitrogens with one attached hydrogen (secondary N) is 1. The number of pyridine rings is 2. The Morgan fingerprint density at radius 3 is 2.48 bits per heavy atom. The van der Waals surface area contributed by atoms with Gasteiger partial charge in [0.2, 0.25) is 0 Å². The van der Waals surface area contributed by atoms with Crippen LogP contribution in [0.25, 0.3) is 33.0 Å². The van der Waals surface area contributed by atoms with Gasteiger partial charge in [0.05, 0.1) is 0 Å². The second-order valence-electron chi connectivity index (χ2n) is 7.46. The highest BCUT2D eigenvalue weighted by Crippen LogP contribution is 2.24. The van der Waals surface area contributed by atoms with Gasteiger partial charge in [0.25, 0.3) is 5.65 Å². The first-order chi connectivity index (χ1) is 14.4. The van der Waals surface area contributed by atoms with Gasteiger partial charge in [-0.3, -0.25) is 0 Å². The van der Waals surface area contributed by atoms with E-state index in [2.05, 4.69) is 111 Å². The smallest absolute Gasteiger partial charge is 0.292 e. The molecule has 3 heteroatoms. The molecule has 29 heavy (non-hydrogen) atoms. The average molecular weight is 374 g/mol. The monoisotopic (exact) mass is 374 g/mol. The zero-order valence-electron chi connectivity index (χ0n) is 15.9. The van der Waals surface area contributed by atoms with Crippen molar-refractivity contribution in [1.82, 2.24) is 4.40 Å². The maximum absolute atomic E-state index is 3.54.